The molecule has 3 heterocycles. The number of anilines is 3. The van der Waals surface area contributed by atoms with Gasteiger partial charge in [0.05, 0.1) is 19.4 Å². The molecular weight excluding hydrogens is 654 g/mol. The number of fused-ring (bicyclic) bond motifs is 1. The molecule has 52 heavy (non-hydrogen) atoms. The van der Waals surface area contributed by atoms with Crippen LogP contribution in [0, 0.1) is 11.8 Å². The molecule has 2 aliphatic carbocycles. The number of carbonyl (C=O) groups is 2. The number of benzene rings is 2. The second-order valence-electron chi connectivity index (χ2n) is 15.9. The molecule has 2 aromatic heterocycles. The van der Waals surface area contributed by atoms with E-state index in [1.165, 1.54) is 18.5 Å². The fourth-order valence-corrected chi connectivity index (χ4v) is 7.77. The van der Waals surface area contributed by atoms with Gasteiger partial charge in [-0.15, -0.1) is 0 Å². The summed E-state index contributed by atoms with van der Waals surface area (Å²) < 4.78 is 7.61. The molecule has 3 aliphatic rings. The van der Waals surface area contributed by atoms with Crippen LogP contribution in [0.5, 0.6) is 0 Å². The maximum absolute atomic E-state index is 12.5. The first-order valence-electron chi connectivity index (χ1n) is 19.0. The van der Waals surface area contributed by atoms with Crippen LogP contribution in [0.4, 0.5) is 22.0 Å². The lowest BCUT2D eigenvalue weighted by Crippen LogP contribution is -2.48. The van der Waals surface area contributed by atoms with Crippen LogP contribution in [0.2, 0.25) is 0 Å². The average molecular weight is 708 g/mol. The van der Waals surface area contributed by atoms with Crippen LogP contribution in [0.25, 0.3) is 11.2 Å². The van der Waals surface area contributed by atoms with Crippen LogP contribution in [0.1, 0.15) is 70.9 Å². The Kier molecular flexibility index (Phi) is 10.9. The van der Waals surface area contributed by atoms with Gasteiger partial charge in [-0.3, -0.25) is 9.69 Å². The van der Waals surface area contributed by atoms with Gasteiger partial charge in [-0.2, -0.15) is 0 Å². The van der Waals surface area contributed by atoms with Gasteiger partial charge < -0.3 is 30.2 Å². The van der Waals surface area contributed by atoms with Crippen molar-refractivity contribution in [2.75, 3.05) is 49.5 Å². The zero-order valence-electron chi connectivity index (χ0n) is 30.8. The minimum Gasteiger partial charge on any atom is -0.449 e. The first kappa shape index (κ1) is 35.7. The molecule has 3 fully saturated rings. The summed E-state index contributed by atoms with van der Waals surface area (Å²) in [5.74, 6) is 1.94. The summed E-state index contributed by atoms with van der Waals surface area (Å²) in [5, 5.41) is 9.51. The highest BCUT2D eigenvalue weighted by Gasteiger charge is 2.33. The number of ether oxygens (including phenoxy) is 1. The number of hydrogen-bond acceptors (Lipinski definition) is 9. The Bertz CT molecular complexity index is 1780. The highest BCUT2D eigenvalue weighted by atomic mass is 16.5. The molecule has 12 nitrogen and oxygen atoms in total. The summed E-state index contributed by atoms with van der Waals surface area (Å²) in [5.41, 5.74) is 4.48. The number of nitrogens with zero attached hydrogens (tertiary/aromatic N) is 6. The summed E-state index contributed by atoms with van der Waals surface area (Å²) in [7, 11) is 0. The Hall–Kier alpha value is -4.71. The number of hydrogen-bond donors (Lipinski definition) is 3. The summed E-state index contributed by atoms with van der Waals surface area (Å²) >= 11 is 0. The standard InChI is InChI=1S/C40H53N9O3/c1-40(2,3)46-39(51)52-25-30-11-9-29(10-12-30)24-47-17-19-48(20-18-47)33-15-13-31(14-16-33)45-37-36-38(42-26-41-37)49(27-43-36)34-22-32(23-34)44-35(50)21-28-7-5-4-6-8-28/h4-8,13-16,26-27,29-30,32,34H,9-12,17-25H2,1-3H3,(H,44,50)(H,46,51)(H,41,42,45). The van der Waals surface area contributed by atoms with Gasteiger partial charge in [0.1, 0.15) is 6.33 Å². The summed E-state index contributed by atoms with van der Waals surface area (Å²) in [6.07, 6.45) is 9.91. The van der Waals surface area contributed by atoms with E-state index in [1.54, 1.807) is 6.33 Å². The van der Waals surface area contributed by atoms with Crippen LogP contribution in [-0.2, 0) is 16.0 Å². The Morgan fingerprint density at radius 3 is 2.29 bits per heavy atom. The predicted molar refractivity (Wildman–Crippen MR) is 204 cm³/mol. The Morgan fingerprint density at radius 2 is 1.58 bits per heavy atom. The lowest BCUT2D eigenvalue weighted by molar-refractivity contribution is -0.121. The minimum atomic E-state index is -0.309. The predicted octanol–water partition coefficient (Wildman–Crippen LogP) is 6.09. The second-order valence-corrected chi connectivity index (χ2v) is 15.9. The van der Waals surface area contributed by atoms with Gasteiger partial charge in [0, 0.05) is 61.7 Å². The SMILES string of the molecule is CC(C)(C)NC(=O)OCC1CCC(CN2CCN(c3ccc(Nc4ncnc5c4ncn5C4CC(NC(=O)Cc5ccccc5)C4)cc3)CC2)CC1. The Labute approximate surface area is 306 Å². The molecule has 0 bridgehead atoms. The third-order valence-corrected chi connectivity index (χ3v) is 10.7. The molecule has 0 spiro atoms. The molecule has 1 saturated heterocycles. The Balaban J connectivity index is 0.838. The number of amides is 2. The maximum atomic E-state index is 12.5. The number of alkyl carbamates (subject to hydrolysis) is 1. The Morgan fingerprint density at radius 1 is 0.865 bits per heavy atom. The van der Waals surface area contributed by atoms with Crippen molar-refractivity contribution in [3.05, 3.63) is 72.8 Å². The molecule has 12 heteroatoms. The first-order valence-corrected chi connectivity index (χ1v) is 19.0. The van der Waals surface area contributed by atoms with E-state index in [9.17, 15) is 9.59 Å². The molecule has 3 N–H and O–H groups in total. The molecule has 0 atom stereocenters. The van der Waals surface area contributed by atoms with Crippen molar-refractivity contribution < 1.29 is 14.3 Å². The summed E-state index contributed by atoms with van der Waals surface area (Å²) in [4.78, 5) is 43.4. The van der Waals surface area contributed by atoms with E-state index >= 15 is 0 Å². The number of piperazine rings is 1. The quantitative estimate of drug-likeness (QED) is 0.170. The van der Waals surface area contributed by atoms with Gasteiger partial charge in [0.15, 0.2) is 17.0 Å². The van der Waals surface area contributed by atoms with Gasteiger partial charge in [-0.25, -0.2) is 19.7 Å². The zero-order valence-corrected chi connectivity index (χ0v) is 30.8. The number of rotatable bonds is 11. The molecule has 0 radical (unpaired) electrons. The van der Waals surface area contributed by atoms with E-state index in [2.05, 4.69) is 69.5 Å². The molecule has 4 aromatic rings. The number of aromatic nitrogens is 4. The van der Waals surface area contributed by atoms with Crippen molar-refractivity contribution in [2.24, 2.45) is 11.8 Å². The number of carbonyl (C=O) groups excluding carboxylic acids is 2. The van der Waals surface area contributed by atoms with Crippen molar-refractivity contribution in [3.63, 3.8) is 0 Å². The molecule has 0 unspecified atom stereocenters. The maximum Gasteiger partial charge on any atom is 0.407 e. The molecule has 2 aromatic carbocycles. The molecule has 1 aliphatic heterocycles. The lowest BCUT2D eigenvalue weighted by Gasteiger charge is -2.39. The number of nitrogens with one attached hydrogen (secondary N) is 3. The summed E-state index contributed by atoms with van der Waals surface area (Å²) in [6.45, 7) is 11.7. The molecular formula is C40H53N9O3. The molecule has 7 rings (SSSR count). The normalized spacial score (nSPS) is 22.4. The van der Waals surface area contributed by atoms with E-state index in [-0.39, 0.29) is 29.6 Å². The smallest absolute Gasteiger partial charge is 0.407 e. The van der Waals surface area contributed by atoms with E-state index in [4.69, 9.17) is 4.74 Å². The van der Waals surface area contributed by atoms with Crippen molar-refractivity contribution >= 4 is 40.4 Å². The fraction of sp³-hybridized carbons (Fsp3) is 0.525. The second kappa shape index (κ2) is 15.9. The topological polar surface area (TPSA) is 130 Å². The van der Waals surface area contributed by atoms with Crippen molar-refractivity contribution in [1.82, 2.24) is 35.1 Å². The van der Waals surface area contributed by atoms with Gasteiger partial charge in [-0.1, -0.05) is 30.3 Å². The molecule has 2 amide bonds. The van der Waals surface area contributed by atoms with Crippen molar-refractivity contribution in [1.29, 1.82) is 0 Å². The average Bonchev–Trinajstić information content (AvgIpc) is 3.54. The highest BCUT2D eigenvalue weighted by molar-refractivity contribution is 5.85. The van der Waals surface area contributed by atoms with Crippen molar-refractivity contribution in [2.45, 2.75) is 83.3 Å². The van der Waals surface area contributed by atoms with Crippen LogP contribution >= 0.6 is 0 Å². The van der Waals surface area contributed by atoms with E-state index in [0.717, 1.165) is 86.7 Å². The third kappa shape index (κ3) is 9.20. The monoisotopic (exact) mass is 707 g/mol. The minimum absolute atomic E-state index is 0.0597. The number of imidazole rings is 1. The summed E-state index contributed by atoms with van der Waals surface area (Å²) in [6, 6.07) is 18.8. The molecule has 276 valence electrons. The van der Waals surface area contributed by atoms with Crippen LogP contribution in [-0.4, -0.2) is 87.3 Å². The van der Waals surface area contributed by atoms with Gasteiger partial charge in [0.2, 0.25) is 5.91 Å². The fourth-order valence-electron chi connectivity index (χ4n) is 7.77. The van der Waals surface area contributed by atoms with Crippen molar-refractivity contribution in [3.8, 4) is 0 Å². The van der Waals surface area contributed by atoms with Crippen LogP contribution in [0.15, 0.2) is 67.3 Å². The van der Waals surface area contributed by atoms with E-state index < -0.39 is 0 Å². The van der Waals surface area contributed by atoms with Gasteiger partial charge in [-0.05, 0) is 101 Å². The van der Waals surface area contributed by atoms with Crippen LogP contribution in [0.3, 0.4) is 0 Å². The largest absolute Gasteiger partial charge is 0.449 e. The third-order valence-electron chi connectivity index (χ3n) is 10.7. The van der Waals surface area contributed by atoms with Crippen LogP contribution < -0.4 is 20.9 Å². The van der Waals surface area contributed by atoms with Gasteiger partial charge >= 0.3 is 6.09 Å². The van der Waals surface area contributed by atoms with Gasteiger partial charge in [0.25, 0.3) is 0 Å². The lowest BCUT2D eigenvalue weighted by atomic mass is 9.82. The first-order chi connectivity index (χ1) is 25.1. The van der Waals surface area contributed by atoms with E-state index in [1.807, 2.05) is 57.4 Å². The molecule has 2 saturated carbocycles. The van der Waals surface area contributed by atoms with E-state index in [0.29, 0.717) is 24.8 Å². The highest BCUT2D eigenvalue weighted by Crippen LogP contribution is 2.35. The zero-order chi connectivity index (χ0) is 36.1.